The molecule has 6 heavy (non-hydrogen) atoms. The fraction of sp³-hybridized carbons (Fsp3) is 1.00. The summed E-state index contributed by atoms with van der Waals surface area (Å²) in [6.07, 6.45) is 0.224. The van der Waals surface area contributed by atoms with Gasteiger partial charge in [0.05, 0.1) is 6.23 Å². The highest BCUT2D eigenvalue weighted by molar-refractivity contribution is 7.02. The third-order valence-corrected chi connectivity index (χ3v) is 1.27. The Morgan fingerprint density at radius 1 is 2.00 bits per heavy atom. The molecule has 0 fully saturated rings. The Kier molecular flexibility index (Phi) is 3.87. The van der Waals surface area contributed by atoms with Crippen LogP contribution >= 0.6 is 11.1 Å². The predicted octanol–water partition coefficient (Wildman–Crippen LogP) is 0.0618. The van der Waals surface area contributed by atoms with Crippen LogP contribution in [-0.4, -0.2) is 21.7 Å². The van der Waals surface area contributed by atoms with Crippen molar-refractivity contribution in [3.8, 4) is 0 Å². The molecule has 4 heteroatoms. The number of ether oxygens (including phenoxy) is 1. The Balaban J connectivity index is 2.63. The van der Waals surface area contributed by atoms with E-state index in [4.69, 9.17) is 11.1 Å². The molecule has 0 heterocycles. The van der Waals surface area contributed by atoms with Crippen LogP contribution in [-0.2, 0) is 9.53 Å². The van der Waals surface area contributed by atoms with E-state index in [1.54, 1.807) is 0 Å². The van der Waals surface area contributed by atoms with Crippen molar-refractivity contribution < 1.29 is 9.53 Å². The molecule has 1 radical (unpaired) electrons. The first-order chi connectivity index (χ1) is 2.77. The number of methoxy groups -OCH3 is 1. The Hall–Kier alpha value is 0.427. The van der Waals surface area contributed by atoms with Gasteiger partial charge in [0.25, 0.3) is 0 Å². The second kappa shape index (κ2) is 3.61. The quantitative estimate of drug-likeness (QED) is 0.379. The first-order valence-electron chi connectivity index (χ1n) is 1.56. The van der Waals surface area contributed by atoms with Gasteiger partial charge in [-0.3, -0.25) is 4.80 Å². The summed E-state index contributed by atoms with van der Waals surface area (Å²) < 4.78 is 4.42. The van der Waals surface area contributed by atoms with Crippen molar-refractivity contribution >= 4 is 19.4 Å². The van der Waals surface area contributed by atoms with Crippen molar-refractivity contribution in [2.45, 2.75) is 0 Å². The maximum Gasteiger partial charge on any atom is 0.339 e. The van der Waals surface area contributed by atoms with Crippen LogP contribution in [0.15, 0.2) is 0 Å². The van der Waals surface area contributed by atoms with E-state index in [0.29, 0.717) is 0 Å². The maximum absolute atomic E-state index is 9.91. The van der Waals surface area contributed by atoms with Gasteiger partial charge < -0.3 is 4.74 Å². The average Bonchev–Trinajstić information content (AvgIpc) is 1.35. The molecule has 0 N–H and O–H groups in total. The molecule has 0 saturated carbocycles. The summed E-state index contributed by atoms with van der Waals surface area (Å²) in [6, 6.07) is 0. The van der Waals surface area contributed by atoms with Gasteiger partial charge in [0, 0.05) is 7.11 Å². The zero-order chi connectivity index (χ0) is 4.99. The average molecular weight is 126 g/mol. The molecule has 1 atom stereocenters. The second-order valence-electron chi connectivity index (χ2n) is 0.865. The highest BCUT2D eigenvalue weighted by Gasteiger charge is 1.99. The zero-order valence-corrected chi connectivity index (χ0v) is 5.39. The van der Waals surface area contributed by atoms with E-state index >= 15 is 0 Å². The van der Waals surface area contributed by atoms with Crippen LogP contribution in [0.3, 0.4) is 0 Å². The summed E-state index contributed by atoms with van der Waals surface area (Å²) >= 11 is 5.04. The molecule has 37 valence electrons. The van der Waals surface area contributed by atoms with Gasteiger partial charge in [-0.05, 0) is 0 Å². The van der Waals surface area contributed by atoms with E-state index in [2.05, 4.69) is 4.74 Å². The lowest BCUT2D eigenvalue weighted by molar-refractivity contribution is 0.234. The summed E-state index contributed by atoms with van der Waals surface area (Å²) in [5, 5.41) is 0. The number of rotatable bonds is 2. The minimum absolute atomic E-state index is 0.224. The Bertz CT molecular complexity index is 32.7. The lowest BCUT2D eigenvalue weighted by atomic mass is 11.5. The molecule has 0 aromatic heterocycles. The van der Waals surface area contributed by atoms with Gasteiger partial charge in [-0.2, -0.15) is 0 Å². The lowest BCUT2D eigenvalue weighted by Crippen LogP contribution is -2.08. The molecule has 0 rings (SSSR count). The third kappa shape index (κ3) is 4.43. The van der Waals surface area contributed by atoms with Crippen molar-refractivity contribution in [1.82, 2.24) is 0 Å². The minimum Gasteiger partial charge on any atom is -0.384 e. The van der Waals surface area contributed by atoms with Crippen LogP contribution < -0.4 is 0 Å². The zero-order valence-electron chi connectivity index (χ0n) is 3.48. The normalized spacial score (nSPS) is 14.5. The predicted molar refractivity (Wildman–Crippen MR) is 25.6 cm³/mol. The summed E-state index contributed by atoms with van der Waals surface area (Å²) in [6.45, 7) is 0. The van der Waals surface area contributed by atoms with E-state index in [9.17, 15) is 4.80 Å². The molecular formula is C2H6ClO2Si. The first-order valence-corrected chi connectivity index (χ1v) is 4.59. The van der Waals surface area contributed by atoms with E-state index < -0.39 is 8.35 Å². The standard InChI is InChI=1S/C2H6ClO2Si/c1-5-2-6(3)4/h6H,2H2,1H3. The second-order valence-corrected chi connectivity index (χ2v) is 3.48. The van der Waals surface area contributed by atoms with Crippen LogP contribution in [0, 0.1) is 0 Å². The molecule has 2 nitrogen and oxygen atoms in total. The van der Waals surface area contributed by atoms with E-state index in [1.165, 1.54) is 7.11 Å². The van der Waals surface area contributed by atoms with Gasteiger partial charge in [-0.25, -0.2) is 0 Å². The van der Waals surface area contributed by atoms with Crippen LogP contribution in [0.2, 0.25) is 0 Å². The van der Waals surface area contributed by atoms with Gasteiger partial charge in [0.15, 0.2) is 0 Å². The SMILES string of the molecule is COC[SiH]([O])Cl. The molecular weight excluding hydrogens is 120 g/mol. The van der Waals surface area contributed by atoms with Gasteiger partial charge in [-0.15, -0.1) is 11.1 Å². The summed E-state index contributed by atoms with van der Waals surface area (Å²) in [4.78, 5) is 9.91. The molecule has 0 aliphatic carbocycles. The smallest absolute Gasteiger partial charge is 0.339 e. The van der Waals surface area contributed by atoms with Crippen LogP contribution in [0.4, 0.5) is 0 Å². The molecule has 0 saturated heterocycles. The number of hydrogen-bond donors (Lipinski definition) is 0. The topological polar surface area (TPSA) is 29.1 Å². The van der Waals surface area contributed by atoms with Gasteiger partial charge in [0.2, 0.25) is 0 Å². The lowest BCUT2D eigenvalue weighted by Gasteiger charge is -1.89. The largest absolute Gasteiger partial charge is 0.384 e. The van der Waals surface area contributed by atoms with Gasteiger partial charge >= 0.3 is 8.35 Å². The molecule has 0 aliphatic rings. The van der Waals surface area contributed by atoms with Crippen molar-refractivity contribution in [2.75, 3.05) is 13.3 Å². The summed E-state index contributed by atoms with van der Waals surface area (Å²) in [5.74, 6) is 0. The fourth-order valence-corrected chi connectivity index (χ4v) is 0.771. The third-order valence-electron chi connectivity index (χ3n) is 0.298. The minimum atomic E-state index is -2.17. The molecule has 0 bridgehead atoms. The highest BCUT2D eigenvalue weighted by atomic mass is 35.6. The van der Waals surface area contributed by atoms with Crippen molar-refractivity contribution in [1.29, 1.82) is 0 Å². The van der Waals surface area contributed by atoms with Crippen LogP contribution in [0.1, 0.15) is 0 Å². The van der Waals surface area contributed by atoms with E-state index in [0.717, 1.165) is 0 Å². The fourth-order valence-electron chi connectivity index (χ4n) is 0.131. The summed E-state index contributed by atoms with van der Waals surface area (Å²) in [7, 11) is -0.698. The molecule has 0 amide bonds. The number of hydrogen-bond acceptors (Lipinski definition) is 1. The van der Waals surface area contributed by atoms with Crippen LogP contribution in [0.25, 0.3) is 0 Å². The monoisotopic (exact) mass is 125 g/mol. The number of halogens is 1. The van der Waals surface area contributed by atoms with Crippen molar-refractivity contribution in [3.63, 3.8) is 0 Å². The van der Waals surface area contributed by atoms with E-state index in [-0.39, 0.29) is 6.23 Å². The Morgan fingerprint density at radius 3 is 2.50 bits per heavy atom. The van der Waals surface area contributed by atoms with Gasteiger partial charge in [0.1, 0.15) is 0 Å². The Labute approximate surface area is 43.1 Å². The first kappa shape index (κ1) is 6.43. The maximum atomic E-state index is 9.91. The molecule has 1 unspecified atom stereocenters. The molecule has 0 aromatic rings. The van der Waals surface area contributed by atoms with Crippen molar-refractivity contribution in [3.05, 3.63) is 0 Å². The van der Waals surface area contributed by atoms with Gasteiger partial charge in [-0.1, -0.05) is 0 Å². The molecule has 0 aromatic carbocycles. The Morgan fingerprint density at radius 2 is 2.50 bits per heavy atom. The summed E-state index contributed by atoms with van der Waals surface area (Å²) in [5.41, 5.74) is 0. The van der Waals surface area contributed by atoms with Crippen molar-refractivity contribution in [2.24, 2.45) is 0 Å². The van der Waals surface area contributed by atoms with Crippen LogP contribution in [0.5, 0.6) is 0 Å². The van der Waals surface area contributed by atoms with E-state index in [1.807, 2.05) is 0 Å². The highest BCUT2D eigenvalue weighted by Crippen LogP contribution is 1.81. The molecule has 0 aliphatic heterocycles. The molecule has 0 spiro atoms.